The van der Waals surface area contributed by atoms with Crippen molar-refractivity contribution >= 4 is 17.5 Å². The zero-order valence-corrected chi connectivity index (χ0v) is 10.4. The van der Waals surface area contributed by atoms with Gasteiger partial charge in [-0.05, 0) is 12.3 Å². The van der Waals surface area contributed by atoms with Crippen LogP contribution in [-0.4, -0.2) is 37.7 Å². The van der Waals surface area contributed by atoms with Gasteiger partial charge in [0.2, 0.25) is 5.91 Å². The minimum atomic E-state index is -4.34. The highest BCUT2D eigenvalue weighted by molar-refractivity contribution is 6.17. The molecule has 1 amide bonds. The highest BCUT2D eigenvalue weighted by Gasteiger charge is 2.27. The normalized spacial score (nSPS) is 13.5. The average Bonchev–Trinajstić information content (AvgIpc) is 2.21. The molecule has 3 nitrogen and oxygen atoms in total. The Bertz CT molecular complexity index is 224. The fraction of sp³-hybridized carbons (Fsp3) is 0.900. The summed E-state index contributed by atoms with van der Waals surface area (Å²) in [5.41, 5.74) is 0. The number of hydrogen-bond donors (Lipinski definition) is 1. The molecule has 1 N–H and O–H groups in total. The highest BCUT2D eigenvalue weighted by Crippen LogP contribution is 2.14. The molecule has 0 aliphatic rings. The number of rotatable bonds is 8. The number of carbonyl (C=O) groups is 1. The first-order chi connectivity index (χ1) is 7.85. The Morgan fingerprint density at radius 3 is 2.65 bits per heavy atom. The van der Waals surface area contributed by atoms with Crippen LogP contribution in [0.3, 0.4) is 0 Å². The van der Waals surface area contributed by atoms with Gasteiger partial charge in [0.05, 0.1) is 6.61 Å². The maximum Gasteiger partial charge on any atom is 0.411 e. The molecule has 0 rings (SSSR count). The van der Waals surface area contributed by atoms with Crippen molar-refractivity contribution < 1.29 is 22.7 Å². The Morgan fingerprint density at radius 1 is 1.47 bits per heavy atom. The van der Waals surface area contributed by atoms with Crippen LogP contribution < -0.4 is 5.32 Å². The molecular formula is C10H17ClF3NO2. The number of nitrogens with one attached hydrogen (secondary N) is 1. The van der Waals surface area contributed by atoms with Crippen molar-refractivity contribution in [1.82, 2.24) is 5.32 Å². The number of hydrogen-bond acceptors (Lipinski definition) is 2. The van der Waals surface area contributed by atoms with Gasteiger partial charge in [0.25, 0.3) is 0 Å². The Morgan fingerprint density at radius 2 is 2.12 bits per heavy atom. The molecule has 0 aromatic heterocycles. The van der Waals surface area contributed by atoms with Gasteiger partial charge in [-0.25, -0.2) is 0 Å². The quantitative estimate of drug-likeness (QED) is 0.545. The second-order valence-electron chi connectivity index (χ2n) is 3.80. The molecule has 0 saturated heterocycles. The van der Waals surface area contributed by atoms with Gasteiger partial charge in [0.1, 0.15) is 6.61 Å². The number of ether oxygens (including phenoxy) is 1. The lowest BCUT2D eigenvalue weighted by molar-refractivity contribution is -0.174. The molecule has 0 aliphatic carbocycles. The van der Waals surface area contributed by atoms with Crippen LogP contribution in [0, 0.1) is 5.92 Å². The molecule has 0 heterocycles. The van der Waals surface area contributed by atoms with Crippen molar-refractivity contribution in [2.45, 2.75) is 25.9 Å². The Labute approximate surface area is 104 Å². The molecule has 0 spiro atoms. The van der Waals surface area contributed by atoms with Crippen molar-refractivity contribution in [3.63, 3.8) is 0 Å². The van der Waals surface area contributed by atoms with Crippen molar-refractivity contribution in [2.75, 3.05) is 25.6 Å². The van der Waals surface area contributed by atoms with E-state index in [1.165, 1.54) is 0 Å². The van der Waals surface area contributed by atoms with Gasteiger partial charge in [0.15, 0.2) is 0 Å². The summed E-state index contributed by atoms with van der Waals surface area (Å²) >= 11 is 5.52. The van der Waals surface area contributed by atoms with E-state index in [0.717, 1.165) is 6.42 Å². The van der Waals surface area contributed by atoms with Crippen LogP contribution in [0.15, 0.2) is 0 Å². The predicted molar refractivity (Wildman–Crippen MR) is 59.0 cm³/mol. The maximum absolute atomic E-state index is 11.7. The van der Waals surface area contributed by atoms with Crippen LogP contribution in [0.25, 0.3) is 0 Å². The molecule has 0 aromatic carbocycles. The zero-order chi connectivity index (χ0) is 13.3. The highest BCUT2D eigenvalue weighted by atomic mass is 35.5. The first-order valence-corrected chi connectivity index (χ1v) is 5.85. The van der Waals surface area contributed by atoms with E-state index in [1.807, 2.05) is 6.92 Å². The van der Waals surface area contributed by atoms with Crippen molar-refractivity contribution in [3.05, 3.63) is 0 Å². The fourth-order valence-corrected chi connectivity index (χ4v) is 1.39. The minimum absolute atomic E-state index is 0.0658. The zero-order valence-electron chi connectivity index (χ0n) is 9.65. The standard InChI is InChI=1S/C10H17ClF3NO2/c1-8(2-4-11)6-15-9(16)3-5-17-7-10(12,13)14/h8H,2-7H2,1H3,(H,15,16). The Balaban J connectivity index is 3.47. The molecule has 102 valence electrons. The van der Waals surface area contributed by atoms with E-state index in [0.29, 0.717) is 12.4 Å². The molecule has 7 heteroatoms. The molecule has 1 atom stereocenters. The van der Waals surface area contributed by atoms with Gasteiger partial charge in [-0.2, -0.15) is 13.2 Å². The number of alkyl halides is 4. The van der Waals surface area contributed by atoms with Gasteiger partial charge < -0.3 is 10.1 Å². The van der Waals surface area contributed by atoms with Gasteiger partial charge >= 0.3 is 6.18 Å². The fourth-order valence-electron chi connectivity index (χ4n) is 1.02. The molecule has 0 fully saturated rings. The van der Waals surface area contributed by atoms with Gasteiger partial charge in [-0.3, -0.25) is 4.79 Å². The second kappa shape index (κ2) is 8.58. The summed E-state index contributed by atoms with van der Waals surface area (Å²) in [6.07, 6.45) is -3.62. The van der Waals surface area contributed by atoms with Gasteiger partial charge in [0, 0.05) is 18.8 Å². The van der Waals surface area contributed by atoms with E-state index in [-0.39, 0.29) is 24.9 Å². The Kier molecular flexibility index (Phi) is 8.33. The third-order valence-corrected chi connectivity index (χ3v) is 2.21. The molecule has 17 heavy (non-hydrogen) atoms. The number of carbonyl (C=O) groups excluding carboxylic acids is 1. The summed E-state index contributed by atoms with van der Waals surface area (Å²) in [5.74, 6) is 0.465. The van der Waals surface area contributed by atoms with Crippen LogP contribution in [0.1, 0.15) is 19.8 Å². The third kappa shape index (κ3) is 11.8. The molecule has 0 saturated carbocycles. The molecule has 0 aromatic rings. The lowest BCUT2D eigenvalue weighted by atomic mass is 10.1. The Hall–Kier alpha value is -0.490. The van der Waals surface area contributed by atoms with Gasteiger partial charge in [-0.15, -0.1) is 11.6 Å². The van der Waals surface area contributed by atoms with Crippen molar-refractivity contribution in [2.24, 2.45) is 5.92 Å². The molecular weight excluding hydrogens is 259 g/mol. The smallest absolute Gasteiger partial charge is 0.372 e. The summed E-state index contributed by atoms with van der Waals surface area (Å²) in [7, 11) is 0. The van der Waals surface area contributed by atoms with Crippen molar-refractivity contribution in [1.29, 1.82) is 0 Å². The van der Waals surface area contributed by atoms with E-state index in [2.05, 4.69) is 10.1 Å². The summed E-state index contributed by atoms with van der Waals surface area (Å²) in [4.78, 5) is 11.2. The SMILES string of the molecule is CC(CCCl)CNC(=O)CCOCC(F)(F)F. The minimum Gasteiger partial charge on any atom is -0.372 e. The van der Waals surface area contributed by atoms with Crippen molar-refractivity contribution in [3.8, 4) is 0 Å². The van der Waals surface area contributed by atoms with Crippen LogP contribution in [-0.2, 0) is 9.53 Å². The van der Waals surface area contributed by atoms with Crippen LogP contribution >= 0.6 is 11.6 Å². The monoisotopic (exact) mass is 275 g/mol. The predicted octanol–water partition coefficient (Wildman–Crippen LogP) is 2.34. The number of amides is 1. The van der Waals surface area contributed by atoms with E-state index in [4.69, 9.17) is 11.6 Å². The van der Waals surface area contributed by atoms with E-state index in [9.17, 15) is 18.0 Å². The molecule has 0 aliphatic heterocycles. The molecule has 0 bridgehead atoms. The summed E-state index contributed by atoms with van der Waals surface area (Å²) < 4.78 is 39.4. The van der Waals surface area contributed by atoms with Gasteiger partial charge in [-0.1, -0.05) is 6.92 Å². The van der Waals surface area contributed by atoms with Crippen LogP contribution in [0.4, 0.5) is 13.2 Å². The van der Waals surface area contributed by atoms with E-state index < -0.39 is 12.8 Å². The third-order valence-electron chi connectivity index (χ3n) is 1.99. The largest absolute Gasteiger partial charge is 0.411 e. The molecule has 1 unspecified atom stereocenters. The molecule has 0 radical (unpaired) electrons. The summed E-state index contributed by atoms with van der Waals surface area (Å²) in [6.45, 7) is 0.867. The second-order valence-corrected chi connectivity index (χ2v) is 4.18. The first-order valence-electron chi connectivity index (χ1n) is 5.32. The van der Waals surface area contributed by atoms with Crippen LogP contribution in [0.5, 0.6) is 0 Å². The van der Waals surface area contributed by atoms with E-state index in [1.54, 1.807) is 0 Å². The first kappa shape index (κ1) is 16.5. The lowest BCUT2D eigenvalue weighted by Crippen LogP contribution is -2.29. The van der Waals surface area contributed by atoms with Crippen LogP contribution in [0.2, 0.25) is 0 Å². The topological polar surface area (TPSA) is 38.3 Å². The maximum atomic E-state index is 11.7. The van der Waals surface area contributed by atoms with E-state index >= 15 is 0 Å². The lowest BCUT2D eigenvalue weighted by Gasteiger charge is -2.11. The average molecular weight is 276 g/mol. The summed E-state index contributed by atoms with van der Waals surface area (Å²) in [5, 5.41) is 2.61. The number of halogens is 4. The summed E-state index contributed by atoms with van der Waals surface area (Å²) in [6, 6.07) is 0.